The van der Waals surface area contributed by atoms with Crippen molar-refractivity contribution < 1.29 is 0 Å². The van der Waals surface area contributed by atoms with Crippen molar-refractivity contribution in [3.63, 3.8) is 0 Å². The molecule has 5 heterocycles. The molecule has 8 unspecified atom stereocenters. The van der Waals surface area contributed by atoms with Crippen molar-refractivity contribution in [3.8, 4) is 0 Å². The summed E-state index contributed by atoms with van der Waals surface area (Å²) in [5, 5.41) is 33.8. The molecule has 8 bridgehead atoms. The molecule has 0 spiro atoms. The first kappa shape index (κ1) is 28.9. The number of hydrogen-bond acceptors (Lipinski definition) is 8. The van der Waals surface area contributed by atoms with Crippen LogP contribution in [0, 0.1) is 47.3 Å². The SMILES string of the molecule is C1CCC2C3NC(NC4NC(NC5NC(NC6NC(N3)C3CCCCC63)C3CCCCC53)C3CCCCC43)C2C1.[SnH4]. The molecular weight excluding hydrogens is 615 g/mol. The van der Waals surface area contributed by atoms with Gasteiger partial charge in [-0.05, 0) is 98.7 Å². The summed E-state index contributed by atoms with van der Waals surface area (Å²) in [4.78, 5) is 0. The monoisotopic (exact) mass is 676 g/mol. The average molecular weight is 676 g/mol. The molecule has 232 valence electrons. The van der Waals surface area contributed by atoms with Crippen molar-refractivity contribution in [2.45, 2.75) is 152 Å². The molecule has 9 fully saturated rings. The van der Waals surface area contributed by atoms with Gasteiger partial charge >= 0.3 is 23.9 Å². The van der Waals surface area contributed by atoms with E-state index >= 15 is 0 Å². The summed E-state index contributed by atoms with van der Waals surface area (Å²) in [6.45, 7) is 0. The van der Waals surface area contributed by atoms with Gasteiger partial charge in [0.25, 0.3) is 0 Å². The van der Waals surface area contributed by atoms with Crippen molar-refractivity contribution in [1.29, 1.82) is 0 Å². The molecule has 0 aromatic rings. The predicted octanol–water partition coefficient (Wildman–Crippen LogP) is 1.15. The van der Waals surface area contributed by atoms with E-state index in [2.05, 4.69) is 42.5 Å². The maximum absolute atomic E-state index is 4.26. The quantitative estimate of drug-likeness (QED) is 0.182. The number of nitrogens with one attached hydrogen (secondary N) is 8. The summed E-state index contributed by atoms with van der Waals surface area (Å²) in [6, 6.07) is 0. The van der Waals surface area contributed by atoms with Crippen LogP contribution < -0.4 is 42.5 Å². The predicted molar refractivity (Wildman–Crippen MR) is 169 cm³/mol. The maximum atomic E-state index is 4.26. The summed E-state index contributed by atoms with van der Waals surface area (Å²) < 4.78 is 0. The summed E-state index contributed by atoms with van der Waals surface area (Å²) in [5.74, 6) is 5.97. The van der Waals surface area contributed by atoms with Gasteiger partial charge in [-0.2, -0.15) is 0 Å². The Morgan fingerprint density at radius 2 is 0.341 bits per heavy atom. The molecule has 9 heteroatoms. The topological polar surface area (TPSA) is 96.2 Å². The van der Waals surface area contributed by atoms with Crippen molar-refractivity contribution in [2.75, 3.05) is 0 Å². The Bertz CT molecular complexity index is 716. The van der Waals surface area contributed by atoms with Crippen molar-refractivity contribution in [3.05, 3.63) is 0 Å². The van der Waals surface area contributed by atoms with Crippen LogP contribution in [0.3, 0.4) is 0 Å². The van der Waals surface area contributed by atoms with Gasteiger partial charge in [0, 0.05) is 0 Å². The summed E-state index contributed by atoms with van der Waals surface area (Å²) >= 11 is 0. The van der Waals surface area contributed by atoms with E-state index in [4.69, 9.17) is 0 Å². The molecule has 5 aliphatic heterocycles. The first-order chi connectivity index (χ1) is 19.8. The van der Waals surface area contributed by atoms with Crippen LogP contribution >= 0.6 is 0 Å². The minimum atomic E-state index is 0. The van der Waals surface area contributed by atoms with E-state index in [1.54, 1.807) is 0 Å². The zero-order chi connectivity index (χ0) is 26.2. The Labute approximate surface area is 264 Å². The van der Waals surface area contributed by atoms with E-state index in [1.807, 2.05) is 0 Å². The van der Waals surface area contributed by atoms with E-state index in [-0.39, 0.29) is 23.9 Å². The van der Waals surface area contributed by atoms with Gasteiger partial charge in [-0.3, -0.25) is 42.5 Å². The molecule has 4 saturated carbocycles. The van der Waals surface area contributed by atoms with Gasteiger partial charge in [-0.1, -0.05) is 51.4 Å². The molecule has 0 amide bonds. The molecule has 0 aromatic carbocycles. The van der Waals surface area contributed by atoms with Crippen molar-refractivity contribution in [2.24, 2.45) is 47.3 Å². The molecule has 0 aromatic heterocycles. The molecule has 9 aliphatic rings. The second kappa shape index (κ2) is 12.0. The number of rotatable bonds is 0. The fraction of sp³-hybridized carbons (Fsp3) is 1.00. The summed E-state index contributed by atoms with van der Waals surface area (Å²) in [6.07, 6.45) is 25.6. The van der Waals surface area contributed by atoms with Crippen LogP contribution in [0.25, 0.3) is 0 Å². The van der Waals surface area contributed by atoms with Gasteiger partial charge in [0.2, 0.25) is 0 Å². The fourth-order valence-electron chi connectivity index (χ4n) is 12.0. The molecular formula is C32H60N8Sn. The van der Waals surface area contributed by atoms with E-state index in [0.29, 0.717) is 49.3 Å². The van der Waals surface area contributed by atoms with Crippen LogP contribution in [0.15, 0.2) is 0 Å². The first-order valence-electron chi connectivity index (χ1n) is 17.9. The standard InChI is InChI=1S/C32H56N8.Sn.4H/c1-2-10-18-17(9-1)25-33-26(18)38-28-21-13-5-6-14-22(21)30(35-28)40-32-24-16-8-7-15-23(24)31(36-32)39-29-20-12-4-3-11-19(20)27(34-29)37-25;;;;;/h17-40H,1-16H2;;;;;. The molecule has 8 N–H and O–H groups in total. The Kier molecular flexibility index (Phi) is 8.47. The third kappa shape index (κ3) is 5.09. The first-order valence-corrected chi connectivity index (χ1v) is 17.9. The third-order valence-electron chi connectivity index (χ3n) is 13.8. The normalized spacial score (nSPS) is 56.2. The zero-order valence-electron chi connectivity index (χ0n) is 24.6. The van der Waals surface area contributed by atoms with E-state index in [9.17, 15) is 0 Å². The van der Waals surface area contributed by atoms with Gasteiger partial charge in [0.15, 0.2) is 0 Å². The third-order valence-corrected chi connectivity index (χ3v) is 13.8. The fourth-order valence-corrected chi connectivity index (χ4v) is 12.0. The molecule has 8 nitrogen and oxygen atoms in total. The number of fused-ring (bicyclic) bond motifs is 20. The van der Waals surface area contributed by atoms with Crippen LogP contribution in [-0.4, -0.2) is 73.2 Å². The average Bonchev–Trinajstić information content (AvgIpc) is 3.73. The van der Waals surface area contributed by atoms with Gasteiger partial charge in [0.1, 0.15) is 0 Å². The van der Waals surface area contributed by atoms with Crippen LogP contribution in [-0.2, 0) is 0 Å². The van der Waals surface area contributed by atoms with Gasteiger partial charge in [-0.15, -0.1) is 0 Å². The van der Waals surface area contributed by atoms with E-state index < -0.39 is 0 Å². The second-order valence-electron chi connectivity index (χ2n) is 15.6. The number of hydrogen-bond donors (Lipinski definition) is 8. The Balaban J connectivity index is 0.00000256. The van der Waals surface area contributed by atoms with Crippen LogP contribution in [0.1, 0.15) is 103 Å². The van der Waals surface area contributed by atoms with Crippen LogP contribution in [0.2, 0.25) is 0 Å². The van der Waals surface area contributed by atoms with Crippen molar-refractivity contribution >= 4 is 23.9 Å². The van der Waals surface area contributed by atoms with Crippen LogP contribution in [0.5, 0.6) is 0 Å². The van der Waals surface area contributed by atoms with E-state index in [1.165, 1.54) is 103 Å². The zero-order valence-corrected chi connectivity index (χ0v) is 24.6. The molecule has 0 radical (unpaired) electrons. The van der Waals surface area contributed by atoms with Crippen molar-refractivity contribution in [1.82, 2.24) is 42.5 Å². The molecule has 5 saturated heterocycles. The molecule has 8 atom stereocenters. The Hall–Kier alpha value is 0.479. The molecule has 9 rings (SSSR count). The van der Waals surface area contributed by atoms with E-state index in [0.717, 1.165) is 47.3 Å². The minimum absolute atomic E-state index is 0. The summed E-state index contributed by atoms with van der Waals surface area (Å²) in [5.41, 5.74) is 0. The molecule has 41 heavy (non-hydrogen) atoms. The Morgan fingerprint density at radius 1 is 0.220 bits per heavy atom. The second-order valence-corrected chi connectivity index (χ2v) is 15.6. The molecule has 4 aliphatic carbocycles. The van der Waals surface area contributed by atoms with Crippen LogP contribution in [0.4, 0.5) is 0 Å². The summed E-state index contributed by atoms with van der Waals surface area (Å²) in [7, 11) is 0. The van der Waals surface area contributed by atoms with Gasteiger partial charge < -0.3 is 0 Å². The van der Waals surface area contributed by atoms with Gasteiger partial charge in [0.05, 0.1) is 49.3 Å². The Morgan fingerprint density at radius 3 is 0.463 bits per heavy atom. The van der Waals surface area contributed by atoms with Gasteiger partial charge in [-0.25, -0.2) is 0 Å².